The van der Waals surface area contributed by atoms with Crippen molar-refractivity contribution in [3.8, 4) is 11.5 Å². The highest BCUT2D eigenvalue weighted by Gasteiger charge is 2.14. The van der Waals surface area contributed by atoms with Gasteiger partial charge in [0.1, 0.15) is 11.5 Å². The first-order valence-electron chi connectivity index (χ1n) is 6.76. The Morgan fingerprint density at radius 3 is 2.43 bits per heavy atom. The number of carboxylic acids is 1. The molecule has 0 amide bonds. The zero-order valence-corrected chi connectivity index (χ0v) is 13.1. The van der Waals surface area contributed by atoms with E-state index >= 15 is 0 Å². The lowest BCUT2D eigenvalue weighted by molar-refractivity contribution is -0.138. The van der Waals surface area contributed by atoms with Crippen molar-refractivity contribution in [2.45, 2.75) is 6.54 Å². The van der Waals surface area contributed by atoms with Gasteiger partial charge >= 0.3 is 5.97 Å². The van der Waals surface area contributed by atoms with Crippen LogP contribution in [0.15, 0.2) is 18.2 Å². The van der Waals surface area contributed by atoms with E-state index < -0.39 is 5.97 Å². The van der Waals surface area contributed by atoms with Crippen molar-refractivity contribution in [3.05, 3.63) is 23.8 Å². The first-order valence-corrected chi connectivity index (χ1v) is 6.76. The first kappa shape index (κ1) is 17.3. The van der Waals surface area contributed by atoms with Gasteiger partial charge in [0.2, 0.25) is 0 Å². The van der Waals surface area contributed by atoms with Crippen LogP contribution in [-0.4, -0.2) is 68.8 Å². The number of methoxy groups -OCH3 is 2. The maximum Gasteiger partial charge on any atom is 0.317 e. The molecule has 0 saturated heterocycles. The Morgan fingerprint density at radius 1 is 1.19 bits per heavy atom. The van der Waals surface area contributed by atoms with Crippen molar-refractivity contribution in [2.24, 2.45) is 0 Å². The molecule has 6 heteroatoms. The maximum atomic E-state index is 11.0. The predicted octanol–water partition coefficient (Wildman–Crippen LogP) is 1.15. The number of likely N-dealkylation sites (N-methyl/N-ethyl adjacent to an activating group) is 1. The van der Waals surface area contributed by atoms with E-state index in [1.54, 1.807) is 14.2 Å². The lowest BCUT2D eigenvalue weighted by Crippen LogP contribution is -2.35. The molecule has 0 spiro atoms. The highest BCUT2D eigenvalue weighted by atomic mass is 16.5. The smallest absolute Gasteiger partial charge is 0.317 e. The second kappa shape index (κ2) is 8.49. The second-order valence-corrected chi connectivity index (χ2v) is 5.09. The summed E-state index contributed by atoms with van der Waals surface area (Å²) in [6, 6.07) is 5.53. The van der Waals surface area contributed by atoms with Gasteiger partial charge in [0.15, 0.2) is 0 Å². The largest absolute Gasteiger partial charge is 0.497 e. The average molecular weight is 296 g/mol. The number of ether oxygens (including phenoxy) is 2. The number of nitrogens with zero attached hydrogens (tertiary/aromatic N) is 2. The Hall–Kier alpha value is -1.79. The summed E-state index contributed by atoms with van der Waals surface area (Å²) in [7, 11) is 7.13. The fourth-order valence-corrected chi connectivity index (χ4v) is 1.99. The summed E-state index contributed by atoms with van der Waals surface area (Å²) in [5.74, 6) is 0.625. The Labute approximate surface area is 125 Å². The molecular formula is C15H24N2O4. The van der Waals surface area contributed by atoms with Crippen molar-refractivity contribution in [1.82, 2.24) is 9.80 Å². The second-order valence-electron chi connectivity index (χ2n) is 5.09. The summed E-state index contributed by atoms with van der Waals surface area (Å²) < 4.78 is 10.6. The topological polar surface area (TPSA) is 62.2 Å². The summed E-state index contributed by atoms with van der Waals surface area (Å²) >= 11 is 0. The van der Waals surface area contributed by atoms with Gasteiger partial charge in [-0.2, -0.15) is 0 Å². The molecule has 0 unspecified atom stereocenters. The molecule has 1 aromatic rings. The minimum Gasteiger partial charge on any atom is -0.497 e. The molecule has 118 valence electrons. The molecule has 0 saturated carbocycles. The molecular weight excluding hydrogens is 272 g/mol. The SMILES string of the molecule is COc1ccc(OC)c(CN(CCN(C)C)CC(=O)O)c1. The number of carbonyl (C=O) groups is 1. The monoisotopic (exact) mass is 296 g/mol. The first-order chi connectivity index (χ1) is 9.96. The number of hydrogen-bond acceptors (Lipinski definition) is 5. The van der Waals surface area contributed by atoms with Gasteiger partial charge in [-0.15, -0.1) is 0 Å². The van der Waals surface area contributed by atoms with E-state index in [1.165, 1.54) is 0 Å². The molecule has 0 aromatic heterocycles. The number of aliphatic carboxylic acids is 1. The average Bonchev–Trinajstić information content (AvgIpc) is 2.44. The minimum absolute atomic E-state index is 0.00575. The number of rotatable bonds is 9. The van der Waals surface area contributed by atoms with Gasteiger partial charge < -0.3 is 19.5 Å². The van der Waals surface area contributed by atoms with Crippen LogP contribution in [0.25, 0.3) is 0 Å². The van der Waals surface area contributed by atoms with Gasteiger partial charge in [-0.25, -0.2) is 0 Å². The summed E-state index contributed by atoms with van der Waals surface area (Å²) in [6.07, 6.45) is 0. The Morgan fingerprint density at radius 2 is 1.90 bits per heavy atom. The van der Waals surface area contributed by atoms with Gasteiger partial charge in [0.05, 0.1) is 20.8 Å². The molecule has 0 aliphatic carbocycles. The zero-order chi connectivity index (χ0) is 15.8. The van der Waals surface area contributed by atoms with Crippen LogP contribution in [0.4, 0.5) is 0 Å². The molecule has 0 aliphatic heterocycles. The molecule has 1 rings (SSSR count). The lowest BCUT2D eigenvalue weighted by atomic mass is 10.1. The van der Waals surface area contributed by atoms with Crippen molar-refractivity contribution in [3.63, 3.8) is 0 Å². The third kappa shape index (κ3) is 6.01. The van der Waals surface area contributed by atoms with Crippen molar-refractivity contribution < 1.29 is 19.4 Å². The Bertz CT molecular complexity index is 463. The Balaban J connectivity index is 2.87. The van der Waals surface area contributed by atoms with E-state index in [9.17, 15) is 4.79 Å². The summed E-state index contributed by atoms with van der Waals surface area (Å²) in [4.78, 5) is 14.9. The van der Waals surface area contributed by atoms with Crippen molar-refractivity contribution in [1.29, 1.82) is 0 Å². The van der Waals surface area contributed by atoms with Crippen molar-refractivity contribution >= 4 is 5.97 Å². The van der Waals surface area contributed by atoms with Crippen LogP contribution in [0.1, 0.15) is 5.56 Å². The molecule has 0 aliphatic rings. The van der Waals surface area contributed by atoms with Gasteiger partial charge in [0, 0.05) is 25.2 Å². The third-order valence-corrected chi connectivity index (χ3v) is 3.10. The van der Waals surface area contributed by atoms with E-state index in [4.69, 9.17) is 14.6 Å². The summed E-state index contributed by atoms with van der Waals surface area (Å²) in [5.41, 5.74) is 0.914. The van der Waals surface area contributed by atoms with E-state index in [0.29, 0.717) is 13.1 Å². The van der Waals surface area contributed by atoms with Gasteiger partial charge in [-0.05, 0) is 32.3 Å². The highest BCUT2D eigenvalue weighted by Crippen LogP contribution is 2.25. The molecule has 6 nitrogen and oxygen atoms in total. The van der Waals surface area contributed by atoms with Crippen LogP contribution in [0.3, 0.4) is 0 Å². The number of benzene rings is 1. The molecule has 0 atom stereocenters. The highest BCUT2D eigenvalue weighted by molar-refractivity contribution is 5.69. The van der Waals surface area contributed by atoms with Gasteiger partial charge in [0.25, 0.3) is 0 Å². The van der Waals surface area contributed by atoms with Gasteiger partial charge in [-0.1, -0.05) is 0 Å². The van der Waals surface area contributed by atoms with Crippen molar-refractivity contribution in [2.75, 3.05) is 47.9 Å². The molecule has 21 heavy (non-hydrogen) atoms. The van der Waals surface area contributed by atoms with Crippen LogP contribution < -0.4 is 9.47 Å². The van der Waals surface area contributed by atoms with E-state index in [2.05, 4.69) is 0 Å². The summed E-state index contributed by atoms with van der Waals surface area (Å²) in [6.45, 7) is 1.95. The van der Waals surface area contributed by atoms with Crippen LogP contribution >= 0.6 is 0 Å². The molecule has 1 aromatic carbocycles. The lowest BCUT2D eigenvalue weighted by Gasteiger charge is -2.23. The van der Waals surface area contributed by atoms with Crippen LogP contribution in [0, 0.1) is 0 Å². The molecule has 0 heterocycles. The third-order valence-electron chi connectivity index (χ3n) is 3.10. The fraction of sp³-hybridized carbons (Fsp3) is 0.533. The molecule has 0 fully saturated rings. The molecule has 0 bridgehead atoms. The minimum atomic E-state index is -0.837. The van der Waals surface area contributed by atoms with Crippen LogP contribution in [0.5, 0.6) is 11.5 Å². The van der Waals surface area contributed by atoms with E-state index in [0.717, 1.165) is 23.6 Å². The predicted molar refractivity (Wildman–Crippen MR) is 81.0 cm³/mol. The molecule has 1 N–H and O–H groups in total. The number of carboxylic acid groups (broad SMARTS) is 1. The zero-order valence-electron chi connectivity index (χ0n) is 13.1. The Kier molecular flexibility index (Phi) is 6.98. The normalized spacial score (nSPS) is 11.0. The molecule has 0 radical (unpaired) electrons. The van der Waals surface area contributed by atoms with Gasteiger partial charge in [-0.3, -0.25) is 9.69 Å². The van der Waals surface area contributed by atoms with Crippen LogP contribution in [0.2, 0.25) is 0 Å². The summed E-state index contributed by atoms with van der Waals surface area (Å²) in [5, 5.41) is 9.04. The number of hydrogen-bond donors (Lipinski definition) is 1. The standard InChI is InChI=1S/C15H24N2O4/c1-16(2)7-8-17(11-15(18)19)10-12-9-13(20-3)5-6-14(12)21-4/h5-6,9H,7-8,10-11H2,1-4H3,(H,18,19). The maximum absolute atomic E-state index is 11.0. The van der Waals surface area contributed by atoms with E-state index in [-0.39, 0.29) is 6.54 Å². The quantitative estimate of drug-likeness (QED) is 0.737. The van der Waals surface area contributed by atoms with E-state index in [1.807, 2.05) is 42.1 Å². The fourth-order valence-electron chi connectivity index (χ4n) is 1.99. The van der Waals surface area contributed by atoms with Crippen LogP contribution in [-0.2, 0) is 11.3 Å².